The van der Waals surface area contributed by atoms with Gasteiger partial charge >= 0.3 is 0 Å². The zero-order valence-electron chi connectivity index (χ0n) is 16.5. The van der Waals surface area contributed by atoms with E-state index in [1.807, 2.05) is 13.8 Å². The normalized spacial score (nSPS) is 32.2. The molecule has 0 aliphatic carbocycles. The van der Waals surface area contributed by atoms with Crippen LogP contribution in [0.4, 0.5) is 0 Å². The van der Waals surface area contributed by atoms with Crippen molar-refractivity contribution in [3.05, 3.63) is 0 Å². The Hall–Kier alpha value is -0.280. The Balaban J connectivity index is 2.92. The first kappa shape index (κ1) is 22.8. The summed E-state index contributed by atoms with van der Waals surface area (Å²) in [5, 5.41) is 21.5. The predicted molar refractivity (Wildman–Crippen MR) is 99.1 cm³/mol. The Morgan fingerprint density at radius 3 is 2.04 bits per heavy atom. The molecule has 0 aromatic rings. The molecule has 6 unspecified atom stereocenters. The number of nitrogens with two attached hydrogens (primary N) is 2. The van der Waals surface area contributed by atoms with Crippen LogP contribution in [0.25, 0.3) is 0 Å². The lowest BCUT2D eigenvalue weighted by Gasteiger charge is -2.47. The molecular formula is C18H39N3O4. The standard InChI is InChI=1S/C18H39N3O4/c1-12-15(22)14(21(10-6-8-19)11-7-9-20)16(23)17(24-12)25-13(2)18(3,4)5/h12-17,22-23H,6-11,19-20H2,1-5H3. The average molecular weight is 362 g/mol. The number of aliphatic hydroxyl groups excluding tert-OH is 2. The highest BCUT2D eigenvalue weighted by molar-refractivity contribution is 4.95. The van der Waals surface area contributed by atoms with Crippen molar-refractivity contribution in [1.29, 1.82) is 0 Å². The average Bonchev–Trinajstić information content (AvgIpc) is 2.53. The fraction of sp³-hybridized carbons (Fsp3) is 1.00. The molecule has 6 atom stereocenters. The Bertz CT molecular complexity index is 370. The van der Waals surface area contributed by atoms with Crippen LogP contribution >= 0.6 is 0 Å². The third-order valence-electron chi connectivity index (χ3n) is 5.09. The third kappa shape index (κ3) is 6.43. The summed E-state index contributed by atoms with van der Waals surface area (Å²) in [5.74, 6) is 0. The molecule has 6 N–H and O–H groups in total. The van der Waals surface area contributed by atoms with Crippen LogP contribution in [0, 0.1) is 5.41 Å². The molecule has 1 fully saturated rings. The van der Waals surface area contributed by atoms with E-state index in [1.165, 1.54) is 0 Å². The highest BCUT2D eigenvalue weighted by Crippen LogP contribution is 2.30. The van der Waals surface area contributed by atoms with Crippen LogP contribution in [0.1, 0.15) is 47.5 Å². The first-order chi connectivity index (χ1) is 11.6. The zero-order chi connectivity index (χ0) is 19.2. The first-order valence-corrected chi connectivity index (χ1v) is 9.44. The van der Waals surface area contributed by atoms with Crippen LogP contribution in [-0.4, -0.2) is 78.0 Å². The molecule has 1 saturated heterocycles. The maximum atomic E-state index is 10.9. The SMILES string of the molecule is CC1OC(OC(C)C(C)(C)C)C(O)C(N(CCCN)CCCN)C1O. The molecule has 0 saturated carbocycles. The summed E-state index contributed by atoms with van der Waals surface area (Å²) in [5.41, 5.74) is 11.2. The van der Waals surface area contributed by atoms with Gasteiger partial charge in [-0.3, -0.25) is 4.90 Å². The van der Waals surface area contributed by atoms with Crippen molar-refractivity contribution in [3.63, 3.8) is 0 Å². The van der Waals surface area contributed by atoms with E-state index in [-0.39, 0.29) is 11.5 Å². The largest absolute Gasteiger partial charge is 0.389 e. The smallest absolute Gasteiger partial charge is 0.185 e. The summed E-state index contributed by atoms with van der Waals surface area (Å²) in [7, 11) is 0. The van der Waals surface area contributed by atoms with E-state index in [0.717, 1.165) is 12.8 Å². The Labute approximate surface area is 152 Å². The summed E-state index contributed by atoms with van der Waals surface area (Å²) in [6.07, 6.45) is -1.45. The summed E-state index contributed by atoms with van der Waals surface area (Å²) >= 11 is 0. The molecule has 25 heavy (non-hydrogen) atoms. The van der Waals surface area contributed by atoms with Gasteiger partial charge in [-0.05, 0) is 58.3 Å². The Morgan fingerprint density at radius 1 is 1.08 bits per heavy atom. The number of ether oxygens (including phenoxy) is 2. The first-order valence-electron chi connectivity index (χ1n) is 9.44. The predicted octanol–water partition coefficient (Wildman–Crippen LogP) is 0.272. The van der Waals surface area contributed by atoms with Crippen molar-refractivity contribution in [1.82, 2.24) is 4.90 Å². The molecule has 150 valence electrons. The molecule has 0 radical (unpaired) electrons. The van der Waals surface area contributed by atoms with Gasteiger partial charge in [-0.15, -0.1) is 0 Å². The minimum Gasteiger partial charge on any atom is -0.389 e. The molecule has 0 amide bonds. The van der Waals surface area contributed by atoms with Gasteiger partial charge in [0.05, 0.1) is 24.4 Å². The van der Waals surface area contributed by atoms with Crippen molar-refractivity contribution >= 4 is 0 Å². The van der Waals surface area contributed by atoms with Gasteiger partial charge in [0.25, 0.3) is 0 Å². The second kappa shape index (κ2) is 10.2. The number of hydrogen-bond donors (Lipinski definition) is 4. The van der Waals surface area contributed by atoms with Gasteiger partial charge in [-0.1, -0.05) is 20.8 Å². The van der Waals surface area contributed by atoms with Gasteiger partial charge in [0.15, 0.2) is 6.29 Å². The maximum absolute atomic E-state index is 10.9. The minimum absolute atomic E-state index is 0.0728. The van der Waals surface area contributed by atoms with E-state index in [2.05, 4.69) is 25.7 Å². The molecule has 1 aliphatic rings. The fourth-order valence-corrected chi connectivity index (χ4v) is 2.96. The van der Waals surface area contributed by atoms with Gasteiger partial charge in [0.2, 0.25) is 0 Å². The van der Waals surface area contributed by atoms with Crippen molar-refractivity contribution < 1.29 is 19.7 Å². The van der Waals surface area contributed by atoms with Crippen LogP contribution < -0.4 is 11.5 Å². The van der Waals surface area contributed by atoms with E-state index >= 15 is 0 Å². The quantitative estimate of drug-likeness (QED) is 0.466. The topological polar surface area (TPSA) is 114 Å². The molecule has 0 spiro atoms. The van der Waals surface area contributed by atoms with Gasteiger partial charge < -0.3 is 31.2 Å². The van der Waals surface area contributed by atoms with Crippen LogP contribution in [0.15, 0.2) is 0 Å². The molecule has 1 aliphatic heterocycles. The molecule has 1 rings (SSSR count). The van der Waals surface area contributed by atoms with Gasteiger partial charge in [-0.25, -0.2) is 0 Å². The van der Waals surface area contributed by atoms with Crippen molar-refractivity contribution in [2.75, 3.05) is 26.2 Å². The van der Waals surface area contributed by atoms with Crippen LogP contribution in [-0.2, 0) is 9.47 Å². The molecule has 7 heteroatoms. The summed E-state index contributed by atoms with van der Waals surface area (Å²) in [4.78, 5) is 2.08. The summed E-state index contributed by atoms with van der Waals surface area (Å²) in [6.45, 7) is 12.5. The zero-order valence-corrected chi connectivity index (χ0v) is 16.5. The monoisotopic (exact) mass is 361 g/mol. The van der Waals surface area contributed by atoms with Gasteiger partial charge in [0.1, 0.15) is 6.10 Å². The number of nitrogens with zero attached hydrogens (tertiary/aromatic N) is 1. The fourth-order valence-electron chi connectivity index (χ4n) is 2.96. The highest BCUT2D eigenvalue weighted by Gasteiger charge is 2.46. The number of hydrogen-bond acceptors (Lipinski definition) is 7. The second-order valence-corrected chi connectivity index (χ2v) is 8.15. The minimum atomic E-state index is -0.938. The molecule has 7 nitrogen and oxygen atoms in total. The summed E-state index contributed by atoms with van der Waals surface area (Å²) < 4.78 is 11.8. The van der Waals surface area contributed by atoms with E-state index in [4.69, 9.17) is 20.9 Å². The lowest BCUT2D eigenvalue weighted by atomic mass is 9.89. The van der Waals surface area contributed by atoms with Crippen molar-refractivity contribution in [2.24, 2.45) is 16.9 Å². The van der Waals surface area contributed by atoms with Crippen LogP contribution in [0.2, 0.25) is 0 Å². The molecule has 0 aromatic carbocycles. The third-order valence-corrected chi connectivity index (χ3v) is 5.09. The Kier molecular flexibility index (Phi) is 9.25. The van der Waals surface area contributed by atoms with E-state index < -0.39 is 30.6 Å². The highest BCUT2D eigenvalue weighted by atomic mass is 16.7. The maximum Gasteiger partial charge on any atom is 0.185 e. The van der Waals surface area contributed by atoms with E-state index in [9.17, 15) is 10.2 Å². The van der Waals surface area contributed by atoms with Crippen LogP contribution in [0.5, 0.6) is 0 Å². The van der Waals surface area contributed by atoms with Crippen molar-refractivity contribution in [3.8, 4) is 0 Å². The lowest BCUT2D eigenvalue weighted by Crippen LogP contribution is -2.64. The molecular weight excluding hydrogens is 322 g/mol. The Morgan fingerprint density at radius 2 is 1.60 bits per heavy atom. The van der Waals surface area contributed by atoms with Crippen LogP contribution in [0.3, 0.4) is 0 Å². The second-order valence-electron chi connectivity index (χ2n) is 8.15. The van der Waals surface area contributed by atoms with Gasteiger partial charge in [-0.2, -0.15) is 0 Å². The number of rotatable bonds is 9. The summed E-state index contributed by atoms with van der Waals surface area (Å²) in [6, 6.07) is -0.459. The number of aliphatic hydroxyl groups is 2. The van der Waals surface area contributed by atoms with E-state index in [0.29, 0.717) is 26.2 Å². The van der Waals surface area contributed by atoms with E-state index in [1.54, 1.807) is 0 Å². The van der Waals surface area contributed by atoms with Gasteiger partial charge in [0, 0.05) is 0 Å². The molecule has 0 bridgehead atoms. The lowest BCUT2D eigenvalue weighted by molar-refractivity contribution is -0.300. The molecule has 1 heterocycles. The van der Waals surface area contributed by atoms with Crippen molar-refractivity contribution in [2.45, 2.75) is 84.2 Å². The molecule has 0 aromatic heterocycles.